The molecule has 0 bridgehead atoms. The highest BCUT2D eigenvalue weighted by molar-refractivity contribution is 9.10. The maximum atomic E-state index is 5.95. The number of halogens is 1. The molecule has 0 unspecified atom stereocenters. The molecule has 0 amide bonds. The minimum atomic E-state index is -0.186. The zero-order chi connectivity index (χ0) is 18.6. The van der Waals surface area contributed by atoms with Gasteiger partial charge in [-0.05, 0) is 37.1 Å². The van der Waals surface area contributed by atoms with Crippen LogP contribution in [0, 0.1) is 0 Å². The summed E-state index contributed by atoms with van der Waals surface area (Å²) in [5, 5.41) is 5.51. The summed E-state index contributed by atoms with van der Waals surface area (Å²) in [6.07, 6.45) is 2.54. The number of benzene rings is 1. The van der Waals surface area contributed by atoms with Crippen LogP contribution in [-0.4, -0.2) is 25.2 Å². The van der Waals surface area contributed by atoms with E-state index in [9.17, 15) is 0 Å². The Balaban J connectivity index is 1.52. The van der Waals surface area contributed by atoms with Gasteiger partial charge in [-0.1, -0.05) is 28.1 Å². The highest BCUT2D eigenvalue weighted by atomic mass is 79.9. The van der Waals surface area contributed by atoms with Crippen LogP contribution in [0.3, 0.4) is 0 Å². The minimum Gasteiger partial charge on any atom is -0.457 e. The third kappa shape index (κ3) is 3.11. The van der Waals surface area contributed by atoms with Gasteiger partial charge in [-0.2, -0.15) is 9.50 Å². The number of hydrogen-bond acceptors (Lipinski definition) is 6. The van der Waals surface area contributed by atoms with Crippen LogP contribution in [0.4, 0.5) is 0 Å². The quantitative estimate of drug-likeness (QED) is 0.464. The van der Waals surface area contributed by atoms with Crippen LogP contribution < -0.4 is 4.74 Å². The molecule has 1 aromatic carbocycles. The van der Waals surface area contributed by atoms with Crippen molar-refractivity contribution in [2.24, 2.45) is 0 Å². The molecule has 4 heterocycles. The van der Waals surface area contributed by atoms with Crippen molar-refractivity contribution in [3.63, 3.8) is 0 Å². The van der Waals surface area contributed by atoms with E-state index in [4.69, 9.17) is 9.47 Å². The van der Waals surface area contributed by atoms with Gasteiger partial charge in [0.25, 0.3) is 0 Å². The third-order valence-electron chi connectivity index (χ3n) is 4.67. The first-order valence-electron chi connectivity index (χ1n) is 8.65. The molecular weight excluding hydrogens is 428 g/mol. The monoisotopic (exact) mass is 444 g/mol. The van der Waals surface area contributed by atoms with Crippen molar-refractivity contribution in [3.05, 3.63) is 51.1 Å². The molecule has 1 aliphatic rings. The molecule has 0 aliphatic carbocycles. The van der Waals surface area contributed by atoms with Crippen LogP contribution in [0.25, 0.3) is 15.9 Å². The first kappa shape index (κ1) is 17.1. The molecule has 0 N–H and O–H groups in total. The van der Waals surface area contributed by atoms with Gasteiger partial charge in [-0.25, -0.2) is 4.98 Å². The van der Waals surface area contributed by atoms with Gasteiger partial charge >= 0.3 is 6.01 Å². The molecule has 3 aromatic heterocycles. The highest BCUT2D eigenvalue weighted by Crippen LogP contribution is 2.39. The molecule has 0 atom stereocenters. The second-order valence-electron chi connectivity index (χ2n) is 7.23. The fraction of sp³-hybridized carbons (Fsp3) is 0.316. The number of ether oxygens (including phenoxy) is 2. The lowest BCUT2D eigenvalue weighted by atomic mass is 9.94. The van der Waals surface area contributed by atoms with Gasteiger partial charge in [-0.15, -0.1) is 16.4 Å². The van der Waals surface area contributed by atoms with Crippen LogP contribution in [0.1, 0.15) is 29.9 Å². The summed E-state index contributed by atoms with van der Waals surface area (Å²) in [6, 6.07) is 8.36. The van der Waals surface area contributed by atoms with Crippen LogP contribution in [0.2, 0.25) is 0 Å². The molecule has 6 nitrogen and oxygen atoms in total. The van der Waals surface area contributed by atoms with Crippen LogP contribution in [0.15, 0.2) is 35.1 Å². The zero-order valence-electron chi connectivity index (χ0n) is 14.9. The summed E-state index contributed by atoms with van der Waals surface area (Å²) in [5.41, 5.74) is 2.94. The van der Waals surface area contributed by atoms with Crippen molar-refractivity contribution >= 4 is 43.1 Å². The standard InChI is InChI=1S/C19H17BrN4O2S/c1-19(2)7-13-14(9-26-19)27-17-15(13)16-22-18(23-24(16)10-21-17)25-8-11-3-5-12(20)6-4-11/h3-6,10H,7-9H2,1-2H3. The van der Waals surface area contributed by atoms with Gasteiger partial charge < -0.3 is 9.47 Å². The normalized spacial score (nSPS) is 16.0. The van der Waals surface area contributed by atoms with Gasteiger partial charge in [0.15, 0.2) is 5.65 Å². The van der Waals surface area contributed by atoms with Crippen molar-refractivity contribution in [3.8, 4) is 6.01 Å². The molecule has 8 heteroatoms. The molecular formula is C19H17BrN4O2S. The Morgan fingerprint density at radius 1 is 1.30 bits per heavy atom. The topological polar surface area (TPSA) is 61.5 Å². The largest absolute Gasteiger partial charge is 0.457 e. The molecule has 0 saturated carbocycles. The number of rotatable bonds is 3. The van der Waals surface area contributed by atoms with Crippen LogP contribution in [0.5, 0.6) is 6.01 Å². The van der Waals surface area contributed by atoms with E-state index in [0.717, 1.165) is 32.3 Å². The van der Waals surface area contributed by atoms with Gasteiger partial charge in [-0.3, -0.25) is 0 Å². The van der Waals surface area contributed by atoms with E-state index < -0.39 is 0 Å². The summed E-state index contributed by atoms with van der Waals surface area (Å²) in [4.78, 5) is 11.4. The van der Waals surface area contributed by atoms with Gasteiger partial charge in [0.1, 0.15) is 17.8 Å². The van der Waals surface area contributed by atoms with Crippen molar-refractivity contribution in [2.75, 3.05) is 0 Å². The molecule has 0 fully saturated rings. The summed E-state index contributed by atoms with van der Waals surface area (Å²) < 4.78 is 14.5. The van der Waals surface area contributed by atoms with Crippen LogP contribution in [-0.2, 0) is 24.4 Å². The molecule has 4 aromatic rings. The van der Waals surface area contributed by atoms with E-state index in [1.807, 2.05) is 24.3 Å². The lowest BCUT2D eigenvalue weighted by Crippen LogP contribution is -2.31. The molecule has 0 radical (unpaired) electrons. The molecule has 1 aliphatic heterocycles. The third-order valence-corrected chi connectivity index (χ3v) is 6.31. The highest BCUT2D eigenvalue weighted by Gasteiger charge is 2.30. The second-order valence-corrected chi connectivity index (χ2v) is 9.23. The molecule has 0 saturated heterocycles. The fourth-order valence-corrected chi connectivity index (χ4v) is 4.64. The fourth-order valence-electron chi connectivity index (χ4n) is 3.31. The van der Waals surface area contributed by atoms with Crippen molar-refractivity contribution < 1.29 is 9.47 Å². The van der Waals surface area contributed by atoms with Crippen molar-refractivity contribution in [1.82, 2.24) is 19.6 Å². The van der Waals surface area contributed by atoms with Crippen LogP contribution >= 0.6 is 27.3 Å². The molecule has 0 spiro atoms. The zero-order valence-corrected chi connectivity index (χ0v) is 17.3. The first-order chi connectivity index (χ1) is 13.0. The summed E-state index contributed by atoms with van der Waals surface area (Å²) >= 11 is 5.11. The SMILES string of the molecule is CC1(C)Cc2c(sc3ncn4nc(OCc5ccc(Br)cc5)nc4c23)CO1. The van der Waals surface area contributed by atoms with E-state index in [1.54, 1.807) is 22.2 Å². The Labute approximate surface area is 168 Å². The Bertz CT molecular complexity index is 1150. The average molecular weight is 445 g/mol. The van der Waals surface area contributed by atoms with Gasteiger partial charge in [0.05, 0.1) is 17.6 Å². The van der Waals surface area contributed by atoms with Crippen molar-refractivity contribution in [1.29, 1.82) is 0 Å². The van der Waals surface area contributed by atoms with Crippen molar-refractivity contribution in [2.45, 2.75) is 39.1 Å². The smallest absolute Gasteiger partial charge is 0.336 e. The number of aromatic nitrogens is 4. The summed E-state index contributed by atoms with van der Waals surface area (Å²) in [7, 11) is 0. The Morgan fingerprint density at radius 2 is 2.11 bits per heavy atom. The Hall–Kier alpha value is -2.03. The molecule has 138 valence electrons. The van der Waals surface area contributed by atoms with Gasteiger partial charge in [0.2, 0.25) is 0 Å². The number of thiophene rings is 1. The lowest BCUT2D eigenvalue weighted by molar-refractivity contribution is -0.0379. The maximum Gasteiger partial charge on any atom is 0.336 e. The van der Waals surface area contributed by atoms with E-state index in [1.165, 1.54) is 10.4 Å². The number of hydrogen-bond donors (Lipinski definition) is 0. The average Bonchev–Trinajstić information content (AvgIpc) is 3.20. The van der Waals surface area contributed by atoms with E-state index >= 15 is 0 Å². The summed E-state index contributed by atoms with van der Waals surface area (Å²) in [6.45, 7) is 5.27. The lowest BCUT2D eigenvalue weighted by Gasteiger charge is -2.30. The molecule has 5 rings (SSSR count). The Kier molecular flexibility index (Phi) is 3.96. The predicted octanol–water partition coefficient (Wildman–Crippen LogP) is 4.53. The first-order valence-corrected chi connectivity index (χ1v) is 10.3. The predicted molar refractivity (Wildman–Crippen MR) is 107 cm³/mol. The second kappa shape index (κ2) is 6.25. The number of fused-ring (bicyclic) bond motifs is 5. The van der Waals surface area contributed by atoms with E-state index in [0.29, 0.717) is 19.2 Å². The molecule has 27 heavy (non-hydrogen) atoms. The maximum absolute atomic E-state index is 5.95. The summed E-state index contributed by atoms with van der Waals surface area (Å²) in [5.74, 6) is 0. The van der Waals surface area contributed by atoms with Gasteiger partial charge in [0, 0.05) is 15.8 Å². The number of nitrogens with zero attached hydrogens (tertiary/aromatic N) is 4. The Morgan fingerprint density at radius 3 is 2.93 bits per heavy atom. The minimum absolute atomic E-state index is 0.186. The van der Waals surface area contributed by atoms with E-state index in [2.05, 4.69) is 44.8 Å². The van der Waals surface area contributed by atoms with E-state index in [-0.39, 0.29) is 5.60 Å².